The minimum atomic E-state index is -3.23. The molecule has 0 aliphatic rings. The van der Waals surface area contributed by atoms with Crippen molar-refractivity contribution in [3.8, 4) is 5.75 Å². The fourth-order valence-electron chi connectivity index (χ4n) is 1.43. The van der Waals surface area contributed by atoms with E-state index < -0.39 is 9.84 Å². The number of carbonyl (C=O) groups excluding carboxylic acids is 1. The Kier molecular flexibility index (Phi) is 5.82. The standard InChI is InChI=1S/C13H18O5S/c1-3-17-13(14)8-5-9-18-11-6-4-7-12(10-11)19(2,15)16/h4,6-7,10H,3,5,8-9H2,1-2H3. The van der Waals surface area contributed by atoms with Gasteiger partial charge in [0.1, 0.15) is 5.75 Å². The molecule has 0 radical (unpaired) electrons. The number of sulfone groups is 1. The molecule has 0 fully saturated rings. The Bertz CT molecular complexity index is 522. The molecule has 0 saturated carbocycles. The predicted molar refractivity (Wildman–Crippen MR) is 70.9 cm³/mol. The van der Waals surface area contributed by atoms with Crippen LogP contribution in [0.25, 0.3) is 0 Å². The van der Waals surface area contributed by atoms with E-state index in [2.05, 4.69) is 0 Å². The molecule has 106 valence electrons. The van der Waals surface area contributed by atoms with E-state index in [4.69, 9.17) is 9.47 Å². The number of carbonyl (C=O) groups is 1. The smallest absolute Gasteiger partial charge is 0.305 e. The van der Waals surface area contributed by atoms with Gasteiger partial charge in [0.2, 0.25) is 0 Å². The number of ether oxygens (including phenoxy) is 2. The lowest BCUT2D eigenvalue weighted by Crippen LogP contribution is -2.07. The van der Waals surface area contributed by atoms with Gasteiger partial charge in [0.05, 0.1) is 18.1 Å². The van der Waals surface area contributed by atoms with Crippen molar-refractivity contribution in [3.05, 3.63) is 24.3 Å². The van der Waals surface area contributed by atoms with E-state index in [9.17, 15) is 13.2 Å². The van der Waals surface area contributed by atoms with Crippen molar-refractivity contribution in [2.75, 3.05) is 19.5 Å². The van der Waals surface area contributed by atoms with Crippen molar-refractivity contribution < 1.29 is 22.7 Å². The van der Waals surface area contributed by atoms with E-state index in [1.807, 2.05) is 0 Å². The molecule has 19 heavy (non-hydrogen) atoms. The van der Waals surface area contributed by atoms with E-state index in [0.29, 0.717) is 31.8 Å². The summed E-state index contributed by atoms with van der Waals surface area (Å²) in [4.78, 5) is 11.3. The molecule has 0 N–H and O–H groups in total. The summed E-state index contributed by atoms with van der Waals surface area (Å²) in [6.07, 6.45) is 1.97. The first-order valence-electron chi connectivity index (χ1n) is 6.02. The first-order chi connectivity index (χ1) is 8.93. The highest BCUT2D eigenvalue weighted by Crippen LogP contribution is 2.17. The highest BCUT2D eigenvalue weighted by Gasteiger charge is 2.08. The molecule has 0 aliphatic heterocycles. The highest BCUT2D eigenvalue weighted by molar-refractivity contribution is 7.90. The van der Waals surface area contributed by atoms with Gasteiger partial charge in [0.15, 0.2) is 9.84 Å². The van der Waals surface area contributed by atoms with E-state index in [1.54, 1.807) is 19.1 Å². The molecule has 0 atom stereocenters. The third-order valence-electron chi connectivity index (χ3n) is 2.33. The summed E-state index contributed by atoms with van der Waals surface area (Å²) in [5, 5.41) is 0. The second-order valence-electron chi connectivity index (χ2n) is 4.00. The minimum Gasteiger partial charge on any atom is -0.494 e. The molecular formula is C13H18O5S. The lowest BCUT2D eigenvalue weighted by Gasteiger charge is -2.07. The Balaban J connectivity index is 2.44. The molecule has 6 heteroatoms. The average Bonchev–Trinajstić information content (AvgIpc) is 2.34. The number of benzene rings is 1. The topological polar surface area (TPSA) is 69.7 Å². The lowest BCUT2D eigenvalue weighted by atomic mass is 10.3. The Morgan fingerprint density at radius 1 is 1.32 bits per heavy atom. The van der Waals surface area contributed by atoms with Crippen LogP contribution in [0.5, 0.6) is 5.75 Å². The van der Waals surface area contributed by atoms with Crippen LogP contribution in [0.4, 0.5) is 0 Å². The lowest BCUT2D eigenvalue weighted by molar-refractivity contribution is -0.143. The van der Waals surface area contributed by atoms with Gasteiger partial charge in [-0.25, -0.2) is 8.42 Å². The number of hydrogen-bond donors (Lipinski definition) is 0. The van der Waals surface area contributed by atoms with Crippen LogP contribution in [-0.2, 0) is 19.4 Å². The monoisotopic (exact) mass is 286 g/mol. The van der Waals surface area contributed by atoms with Gasteiger partial charge in [-0.05, 0) is 31.5 Å². The summed E-state index contributed by atoms with van der Waals surface area (Å²) in [7, 11) is -3.23. The van der Waals surface area contributed by atoms with Crippen LogP contribution in [0.2, 0.25) is 0 Å². The molecule has 5 nitrogen and oxygen atoms in total. The van der Waals surface area contributed by atoms with Crippen LogP contribution < -0.4 is 4.74 Å². The van der Waals surface area contributed by atoms with Crippen molar-refractivity contribution in [2.24, 2.45) is 0 Å². The van der Waals surface area contributed by atoms with Crippen LogP contribution in [0.15, 0.2) is 29.2 Å². The fourth-order valence-corrected chi connectivity index (χ4v) is 2.09. The molecule has 1 aromatic rings. The third-order valence-corrected chi connectivity index (χ3v) is 3.44. The van der Waals surface area contributed by atoms with Gasteiger partial charge in [-0.2, -0.15) is 0 Å². The van der Waals surface area contributed by atoms with Gasteiger partial charge in [-0.15, -0.1) is 0 Å². The van der Waals surface area contributed by atoms with Crippen LogP contribution in [-0.4, -0.2) is 33.9 Å². The van der Waals surface area contributed by atoms with Crippen LogP contribution >= 0.6 is 0 Å². The van der Waals surface area contributed by atoms with Crippen LogP contribution in [0.3, 0.4) is 0 Å². The van der Waals surface area contributed by atoms with Crippen molar-refractivity contribution in [2.45, 2.75) is 24.7 Å². The van der Waals surface area contributed by atoms with Crippen molar-refractivity contribution in [3.63, 3.8) is 0 Å². The van der Waals surface area contributed by atoms with Gasteiger partial charge in [0, 0.05) is 12.7 Å². The Hall–Kier alpha value is -1.56. The first-order valence-corrected chi connectivity index (χ1v) is 7.91. The fraction of sp³-hybridized carbons (Fsp3) is 0.462. The summed E-state index contributed by atoms with van der Waals surface area (Å²) in [5.41, 5.74) is 0. The van der Waals surface area contributed by atoms with Crippen molar-refractivity contribution >= 4 is 15.8 Å². The molecule has 0 heterocycles. The molecule has 0 bridgehead atoms. The van der Waals surface area contributed by atoms with Crippen LogP contribution in [0, 0.1) is 0 Å². The summed E-state index contributed by atoms with van der Waals surface area (Å²) in [6.45, 7) is 2.47. The molecule has 0 amide bonds. The number of hydrogen-bond acceptors (Lipinski definition) is 5. The molecule has 0 saturated heterocycles. The van der Waals surface area contributed by atoms with E-state index in [-0.39, 0.29) is 10.9 Å². The van der Waals surface area contributed by atoms with E-state index in [1.165, 1.54) is 12.1 Å². The van der Waals surface area contributed by atoms with Gasteiger partial charge in [0.25, 0.3) is 0 Å². The molecule has 0 spiro atoms. The Morgan fingerprint density at radius 2 is 2.05 bits per heavy atom. The van der Waals surface area contributed by atoms with E-state index in [0.717, 1.165) is 6.26 Å². The second kappa shape index (κ2) is 7.13. The van der Waals surface area contributed by atoms with Crippen molar-refractivity contribution in [1.82, 2.24) is 0 Å². The summed E-state index contributed by atoms with van der Waals surface area (Å²) in [6, 6.07) is 6.29. The highest BCUT2D eigenvalue weighted by atomic mass is 32.2. The van der Waals surface area contributed by atoms with Gasteiger partial charge in [-0.3, -0.25) is 4.79 Å². The Morgan fingerprint density at radius 3 is 2.68 bits per heavy atom. The first kappa shape index (κ1) is 15.5. The molecular weight excluding hydrogens is 268 g/mol. The predicted octanol–water partition coefficient (Wildman–Crippen LogP) is 1.81. The number of esters is 1. The molecule has 1 rings (SSSR count). The zero-order valence-corrected chi connectivity index (χ0v) is 11.9. The molecule has 0 aliphatic carbocycles. The van der Waals surface area contributed by atoms with E-state index >= 15 is 0 Å². The SMILES string of the molecule is CCOC(=O)CCCOc1cccc(S(C)(=O)=O)c1. The van der Waals surface area contributed by atoms with Gasteiger partial charge >= 0.3 is 5.97 Å². The molecule has 1 aromatic carbocycles. The number of rotatable bonds is 7. The largest absolute Gasteiger partial charge is 0.494 e. The zero-order valence-electron chi connectivity index (χ0n) is 11.1. The van der Waals surface area contributed by atoms with Gasteiger partial charge in [-0.1, -0.05) is 6.07 Å². The maximum absolute atomic E-state index is 11.4. The summed E-state index contributed by atoms with van der Waals surface area (Å²) in [5.74, 6) is 0.225. The minimum absolute atomic E-state index is 0.218. The quantitative estimate of drug-likeness (QED) is 0.565. The van der Waals surface area contributed by atoms with Gasteiger partial charge < -0.3 is 9.47 Å². The maximum Gasteiger partial charge on any atom is 0.305 e. The average molecular weight is 286 g/mol. The van der Waals surface area contributed by atoms with Crippen molar-refractivity contribution in [1.29, 1.82) is 0 Å². The Labute approximate surface area is 113 Å². The third kappa shape index (κ3) is 5.74. The zero-order chi connectivity index (χ0) is 14.3. The van der Waals surface area contributed by atoms with Crippen LogP contribution in [0.1, 0.15) is 19.8 Å². The summed E-state index contributed by atoms with van der Waals surface area (Å²) < 4.78 is 32.9. The molecule has 0 unspecified atom stereocenters. The normalized spacial score (nSPS) is 11.1. The molecule has 0 aromatic heterocycles. The summed E-state index contributed by atoms with van der Waals surface area (Å²) >= 11 is 0. The maximum atomic E-state index is 11.4. The second-order valence-corrected chi connectivity index (χ2v) is 6.02.